The van der Waals surface area contributed by atoms with Crippen LogP contribution in [0.5, 0.6) is 0 Å². The summed E-state index contributed by atoms with van der Waals surface area (Å²) in [6.45, 7) is -2.69. The topological polar surface area (TPSA) is 485 Å². The number of carbonyl (C=O) groups excluding carboxylic acids is 3. The molecule has 0 bridgehead atoms. The number of carboxylic acids is 3. The normalized spacial score (nSPS) is 21.0. The maximum absolute atomic E-state index is 10.1. The summed E-state index contributed by atoms with van der Waals surface area (Å²) in [5.41, 5.74) is 0. The Morgan fingerprint density at radius 2 is 0.500 bits per heavy atom. The minimum Gasteiger partial charge on any atom is -0.547 e. The third kappa shape index (κ3) is 17.4. The molecule has 0 amide bonds. The van der Waals surface area contributed by atoms with Gasteiger partial charge in [0.05, 0.1) is 37.7 Å². The molecule has 0 fully saturated rings. The summed E-state index contributed by atoms with van der Waals surface area (Å²) in [5.74, 6) is -6.10. The van der Waals surface area contributed by atoms with Gasteiger partial charge in [0.25, 0.3) is 0 Å². The molecule has 25 heteroatoms. The predicted molar refractivity (Wildman–Crippen MR) is 132 cm³/mol. The van der Waals surface area contributed by atoms with Gasteiger partial charge >= 0.3 is 17.4 Å². The van der Waals surface area contributed by atoms with Gasteiger partial charge in [0.2, 0.25) is 0 Å². The standard InChI is InChI=1S/3C7H14O8.Al/c3*8-1-2(9)3(10)4(11)5(12)6(13)7(14)15;/h3*2-6,8-13H,1H2,(H,14,15);/q;;;+3/p-3/t3*2-,3+,4-,5-,6-;/m111./s1. The monoisotopic (exact) mass is 702 g/mol. The molecule has 0 aliphatic heterocycles. The van der Waals surface area contributed by atoms with Crippen molar-refractivity contribution in [2.24, 2.45) is 0 Å². The predicted octanol–water partition coefficient (Wildman–Crippen LogP) is -16.8. The molecule has 0 unspecified atom stereocenters. The molecule has 0 heterocycles. The summed E-state index contributed by atoms with van der Waals surface area (Å²) < 4.78 is 0. The number of carbonyl (C=O) groups is 3. The second-order valence-corrected chi connectivity index (χ2v) is 8.96. The van der Waals surface area contributed by atoms with Crippen molar-refractivity contribution in [3.05, 3.63) is 0 Å². The van der Waals surface area contributed by atoms with Gasteiger partial charge in [-0.15, -0.1) is 0 Å². The summed E-state index contributed by atoms with van der Waals surface area (Å²) in [6, 6.07) is 0. The average Bonchev–Trinajstić information content (AvgIpc) is 3.02. The van der Waals surface area contributed by atoms with Crippen LogP contribution in [0.25, 0.3) is 0 Å². The summed E-state index contributed by atoms with van der Waals surface area (Å²) in [7, 11) is 0. The fourth-order valence-corrected chi connectivity index (χ4v) is 2.59. The molecule has 0 radical (unpaired) electrons. The third-order valence-electron chi connectivity index (χ3n) is 5.54. The molecular weight excluding hydrogens is 663 g/mol. The number of aliphatic hydroxyl groups excluding tert-OH is 18. The zero-order valence-corrected chi connectivity index (χ0v) is 24.5. The maximum atomic E-state index is 10.1. The number of rotatable bonds is 18. The van der Waals surface area contributed by atoms with Crippen molar-refractivity contribution in [1.82, 2.24) is 0 Å². The van der Waals surface area contributed by atoms with Crippen molar-refractivity contribution in [2.45, 2.75) is 91.6 Å². The Labute approximate surface area is 268 Å². The van der Waals surface area contributed by atoms with Gasteiger partial charge in [-0.1, -0.05) is 0 Å². The van der Waals surface area contributed by atoms with E-state index in [1.165, 1.54) is 0 Å². The van der Waals surface area contributed by atoms with E-state index >= 15 is 0 Å². The Hall–Kier alpha value is -1.78. The first kappa shape index (κ1) is 51.1. The summed E-state index contributed by atoms with van der Waals surface area (Å²) in [5, 5.41) is 190. The third-order valence-corrected chi connectivity index (χ3v) is 5.54. The van der Waals surface area contributed by atoms with Gasteiger partial charge in [-0.05, 0) is 0 Å². The zero-order valence-electron chi connectivity index (χ0n) is 23.4. The van der Waals surface area contributed by atoms with E-state index in [1.54, 1.807) is 0 Å². The number of carboxylic acid groups (broad SMARTS) is 3. The molecule has 0 aliphatic rings. The van der Waals surface area contributed by atoms with Crippen LogP contribution in [0.15, 0.2) is 0 Å². The van der Waals surface area contributed by atoms with Crippen LogP contribution in [-0.4, -0.2) is 239 Å². The SMILES string of the molecule is O=C([O-])[C@H](O)[C@H](O)[C@H](O)[C@@H](O)[C@H](O)CO.O=C([O-])[C@H](O)[C@H](O)[C@H](O)[C@@H](O)[C@H](O)CO.O=C([O-])[C@H](O)[C@H](O)[C@H](O)[C@@H](O)[C@H](O)CO.[Al+3]. The fourth-order valence-electron chi connectivity index (χ4n) is 2.59. The van der Waals surface area contributed by atoms with E-state index in [2.05, 4.69) is 0 Å². The molecule has 0 aromatic heterocycles. The molecule has 0 saturated carbocycles. The van der Waals surface area contributed by atoms with Gasteiger partial charge in [0, 0.05) is 0 Å². The molecule has 0 aromatic rings. The second-order valence-electron chi connectivity index (χ2n) is 8.96. The smallest absolute Gasteiger partial charge is 0.547 e. The van der Waals surface area contributed by atoms with Gasteiger partial charge in [-0.2, -0.15) is 0 Å². The van der Waals surface area contributed by atoms with Gasteiger partial charge in [-0.25, -0.2) is 0 Å². The van der Waals surface area contributed by atoms with Crippen LogP contribution in [0.4, 0.5) is 0 Å². The second kappa shape index (κ2) is 25.3. The number of hydrogen-bond acceptors (Lipinski definition) is 24. The van der Waals surface area contributed by atoms with E-state index in [0.717, 1.165) is 0 Å². The van der Waals surface area contributed by atoms with Crippen molar-refractivity contribution in [1.29, 1.82) is 0 Å². The molecule has 0 aromatic carbocycles. The largest absolute Gasteiger partial charge is 3.00 e. The quantitative estimate of drug-likeness (QED) is 0.0589. The van der Waals surface area contributed by atoms with E-state index in [0.29, 0.717) is 0 Å². The molecule has 18 N–H and O–H groups in total. The summed E-state index contributed by atoms with van der Waals surface area (Å²) in [4.78, 5) is 30.2. The number of aliphatic carboxylic acids is 3. The molecule has 0 rings (SSSR count). The Kier molecular flexibility index (Phi) is 28.0. The van der Waals surface area contributed by atoms with Gasteiger partial charge in [0.1, 0.15) is 91.6 Å². The molecule has 0 aliphatic carbocycles. The molecule has 0 saturated heterocycles. The Morgan fingerprint density at radius 3 is 0.609 bits per heavy atom. The van der Waals surface area contributed by atoms with Gasteiger partial charge in [0.15, 0.2) is 0 Å². The fraction of sp³-hybridized carbons (Fsp3) is 0.857. The van der Waals surface area contributed by atoms with Crippen LogP contribution in [-0.2, 0) is 14.4 Å². The Morgan fingerprint density at radius 1 is 0.348 bits per heavy atom. The van der Waals surface area contributed by atoms with E-state index < -0.39 is 129 Å². The van der Waals surface area contributed by atoms with Crippen molar-refractivity contribution < 1.29 is 122 Å². The molecule has 0 spiro atoms. The molecule has 270 valence electrons. The molecule has 46 heavy (non-hydrogen) atoms. The van der Waals surface area contributed by atoms with Crippen LogP contribution in [0.3, 0.4) is 0 Å². The van der Waals surface area contributed by atoms with Crippen LogP contribution < -0.4 is 15.3 Å². The molecule has 24 nitrogen and oxygen atoms in total. The molecular formula is C21H39AlO24. The van der Waals surface area contributed by atoms with Crippen molar-refractivity contribution in [3.63, 3.8) is 0 Å². The zero-order chi connectivity index (χ0) is 36.5. The molecule has 15 atom stereocenters. The summed E-state index contributed by atoms with van der Waals surface area (Å²) in [6.07, 6.45) is -31.5. The first-order valence-corrected chi connectivity index (χ1v) is 12.1. The summed E-state index contributed by atoms with van der Waals surface area (Å²) >= 11 is 0. The van der Waals surface area contributed by atoms with E-state index in [-0.39, 0.29) is 17.4 Å². The minimum atomic E-state index is -2.40. The Balaban J connectivity index is -0.000000285. The van der Waals surface area contributed by atoms with Crippen molar-refractivity contribution in [3.8, 4) is 0 Å². The number of hydrogen-bond donors (Lipinski definition) is 18. The van der Waals surface area contributed by atoms with Crippen LogP contribution in [0.2, 0.25) is 0 Å². The van der Waals surface area contributed by atoms with E-state index in [1.807, 2.05) is 0 Å². The van der Waals surface area contributed by atoms with E-state index in [4.69, 9.17) is 91.9 Å². The minimum absolute atomic E-state index is 0. The van der Waals surface area contributed by atoms with Crippen LogP contribution in [0, 0.1) is 0 Å². The van der Waals surface area contributed by atoms with Crippen molar-refractivity contribution >= 4 is 35.3 Å². The average molecular weight is 703 g/mol. The Bertz CT molecular complexity index is 733. The first-order valence-electron chi connectivity index (χ1n) is 12.1. The van der Waals surface area contributed by atoms with E-state index in [9.17, 15) is 29.7 Å². The van der Waals surface area contributed by atoms with Crippen LogP contribution in [0.1, 0.15) is 0 Å². The van der Waals surface area contributed by atoms with Gasteiger partial charge < -0.3 is 122 Å². The number of aliphatic hydroxyl groups is 18. The maximum Gasteiger partial charge on any atom is 3.00 e. The van der Waals surface area contributed by atoms with Crippen molar-refractivity contribution in [2.75, 3.05) is 19.8 Å². The first-order chi connectivity index (χ1) is 20.5. The van der Waals surface area contributed by atoms with Gasteiger partial charge in [-0.3, -0.25) is 0 Å². The van der Waals surface area contributed by atoms with Crippen LogP contribution >= 0.6 is 0 Å².